The number of aromatic nitrogens is 4. The highest BCUT2D eigenvalue weighted by Crippen LogP contribution is 2.32. The molecule has 1 aliphatic carbocycles. The second-order valence-corrected chi connectivity index (χ2v) is 8.10. The molecular formula is C23H21ClN6O3. The average molecular weight is 465 g/mol. The molecule has 5 rings (SSSR count). The number of amides is 1. The van der Waals surface area contributed by atoms with Crippen molar-refractivity contribution >= 4 is 34.8 Å². The fourth-order valence-electron chi connectivity index (χ4n) is 4.06. The number of ether oxygens (including phenoxy) is 1. The smallest absolute Gasteiger partial charge is 0.284 e. The van der Waals surface area contributed by atoms with E-state index in [0.717, 1.165) is 30.7 Å². The molecule has 168 valence electrons. The summed E-state index contributed by atoms with van der Waals surface area (Å²) >= 11 is 6.10. The summed E-state index contributed by atoms with van der Waals surface area (Å²) < 4.78 is 9.21. The Balaban J connectivity index is 1.37. The van der Waals surface area contributed by atoms with E-state index >= 15 is 0 Å². The van der Waals surface area contributed by atoms with E-state index in [4.69, 9.17) is 22.1 Å². The summed E-state index contributed by atoms with van der Waals surface area (Å²) in [5, 5.41) is 2.94. The van der Waals surface area contributed by atoms with Crippen LogP contribution in [0, 0.1) is 0 Å². The highest BCUT2D eigenvalue weighted by molar-refractivity contribution is 6.34. The number of anilines is 2. The van der Waals surface area contributed by atoms with Crippen LogP contribution in [0.5, 0.6) is 11.5 Å². The Morgan fingerprint density at radius 2 is 2.09 bits per heavy atom. The molecule has 3 aromatic rings. The van der Waals surface area contributed by atoms with E-state index in [1.807, 2.05) is 22.9 Å². The van der Waals surface area contributed by atoms with Crippen molar-refractivity contribution in [1.29, 1.82) is 0 Å². The first-order valence-corrected chi connectivity index (χ1v) is 11.0. The van der Waals surface area contributed by atoms with Gasteiger partial charge in [0.2, 0.25) is 0 Å². The number of allylic oxidation sites excluding steroid dienone is 4. The van der Waals surface area contributed by atoms with Crippen molar-refractivity contribution in [2.75, 3.05) is 11.1 Å². The van der Waals surface area contributed by atoms with Gasteiger partial charge in [0.05, 0.1) is 17.6 Å². The minimum Gasteiger partial charge on any atom is -0.454 e. The van der Waals surface area contributed by atoms with Gasteiger partial charge < -0.3 is 15.8 Å². The zero-order chi connectivity index (χ0) is 22.9. The number of halogens is 1. The number of hydrogen-bond acceptors (Lipinski definition) is 6. The normalized spacial score (nSPS) is 14.6. The SMILES string of the molecule is Nc1nccc(Oc2ccc(NC(=O)c3c4n(n(C5=CCCC=C5)c3=O)CCC4)nc2)c1Cl. The third-order valence-electron chi connectivity index (χ3n) is 5.56. The molecule has 3 aromatic heterocycles. The first-order chi connectivity index (χ1) is 16.0. The van der Waals surface area contributed by atoms with E-state index < -0.39 is 5.91 Å². The summed E-state index contributed by atoms with van der Waals surface area (Å²) in [6, 6.07) is 4.81. The highest BCUT2D eigenvalue weighted by atomic mass is 35.5. The maximum Gasteiger partial charge on any atom is 0.284 e. The molecule has 4 heterocycles. The Morgan fingerprint density at radius 3 is 2.85 bits per heavy atom. The van der Waals surface area contributed by atoms with Gasteiger partial charge in [-0.15, -0.1) is 0 Å². The van der Waals surface area contributed by atoms with Crippen LogP contribution in [0.3, 0.4) is 0 Å². The van der Waals surface area contributed by atoms with Crippen LogP contribution in [-0.4, -0.2) is 25.2 Å². The van der Waals surface area contributed by atoms with Gasteiger partial charge in [-0.05, 0) is 43.9 Å². The van der Waals surface area contributed by atoms with Crippen molar-refractivity contribution in [3.8, 4) is 11.5 Å². The van der Waals surface area contributed by atoms with Crippen molar-refractivity contribution in [3.05, 3.63) is 75.5 Å². The maximum absolute atomic E-state index is 13.2. The number of carbonyl (C=O) groups is 1. The molecule has 33 heavy (non-hydrogen) atoms. The lowest BCUT2D eigenvalue weighted by Gasteiger charge is -2.12. The minimum atomic E-state index is -0.476. The molecule has 1 aliphatic heterocycles. The molecule has 1 amide bonds. The first kappa shape index (κ1) is 21.0. The molecule has 3 N–H and O–H groups in total. The Morgan fingerprint density at radius 1 is 1.21 bits per heavy atom. The molecule has 0 radical (unpaired) electrons. The van der Waals surface area contributed by atoms with Crippen molar-refractivity contribution in [2.45, 2.75) is 32.2 Å². The van der Waals surface area contributed by atoms with Crippen LogP contribution in [0.1, 0.15) is 35.3 Å². The molecule has 0 saturated carbocycles. The molecule has 0 fully saturated rings. The van der Waals surface area contributed by atoms with E-state index in [1.54, 1.807) is 22.9 Å². The summed E-state index contributed by atoms with van der Waals surface area (Å²) in [5.74, 6) is 0.739. The van der Waals surface area contributed by atoms with Crippen LogP contribution in [0.2, 0.25) is 5.02 Å². The van der Waals surface area contributed by atoms with E-state index in [0.29, 0.717) is 30.3 Å². The maximum atomic E-state index is 13.2. The number of nitrogens with two attached hydrogens (primary N) is 1. The number of rotatable bonds is 5. The largest absolute Gasteiger partial charge is 0.454 e. The fourth-order valence-corrected chi connectivity index (χ4v) is 4.21. The lowest BCUT2D eigenvalue weighted by atomic mass is 10.1. The number of nitrogen functional groups attached to an aromatic ring is 1. The fraction of sp³-hybridized carbons (Fsp3) is 0.217. The summed E-state index contributed by atoms with van der Waals surface area (Å²) in [7, 11) is 0. The molecule has 10 heteroatoms. The van der Waals surface area contributed by atoms with Crippen LogP contribution in [0.25, 0.3) is 5.70 Å². The Hall–Kier alpha value is -3.85. The number of pyridine rings is 2. The number of fused-ring (bicyclic) bond motifs is 1. The third-order valence-corrected chi connectivity index (χ3v) is 5.94. The van der Waals surface area contributed by atoms with E-state index in [9.17, 15) is 9.59 Å². The Bertz CT molecular complexity index is 1350. The molecule has 9 nitrogen and oxygen atoms in total. The van der Waals surface area contributed by atoms with E-state index in [1.165, 1.54) is 12.4 Å². The predicted molar refractivity (Wildman–Crippen MR) is 126 cm³/mol. The average Bonchev–Trinajstić information content (AvgIpc) is 3.38. The van der Waals surface area contributed by atoms with Crippen molar-refractivity contribution in [1.82, 2.24) is 19.3 Å². The van der Waals surface area contributed by atoms with Gasteiger partial charge in [0.25, 0.3) is 11.5 Å². The summed E-state index contributed by atoms with van der Waals surface area (Å²) in [4.78, 5) is 34.4. The van der Waals surface area contributed by atoms with Gasteiger partial charge in [0.15, 0.2) is 5.75 Å². The van der Waals surface area contributed by atoms with Gasteiger partial charge in [-0.2, -0.15) is 0 Å². The second kappa shape index (κ2) is 8.59. The molecule has 0 saturated heterocycles. The van der Waals surface area contributed by atoms with Gasteiger partial charge in [0.1, 0.15) is 28.0 Å². The number of nitrogens with one attached hydrogen (secondary N) is 1. The van der Waals surface area contributed by atoms with Crippen molar-refractivity contribution in [2.24, 2.45) is 0 Å². The Labute approximate surface area is 194 Å². The second-order valence-electron chi connectivity index (χ2n) is 7.72. The van der Waals surface area contributed by atoms with Crippen molar-refractivity contribution in [3.63, 3.8) is 0 Å². The molecule has 2 aliphatic rings. The number of hydrogen-bond donors (Lipinski definition) is 2. The highest BCUT2D eigenvalue weighted by Gasteiger charge is 2.29. The summed E-state index contributed by atoms with van der Waals surface area (Å²) in [6.07, 6.45) is 12.3. The van der Waals surface area contributed by atoms with Crippen LogP contribution in [0.15, 0.2) is 53.6 Å². The molecule has 0 atom stereocenters. The first-order valence-electron chi connectivity index (χ1n) is 10.6. The topological polar surface area (TPSA) is 117 Å². The Kier molecular flexibility index (Phi) is 5.47. The van der Waals surface area contributed by atoms with Gasteiger partial charge in [-0.25, -0.2) is 14.6 Å². The predicted octanol–water partition coefficient (Wildman–Crippen LogP) is 3.86. The molecule has 0 spiro atoms. The van der Waals surface area contributed by atoms with Gasteiger partial charge >= 0.3 is 0 Å². The monoisotopic (exact) mass is 464 g/mol. The third kappa shape index (κ3) is 3.91. The van der Waals surface area contributed by atoms with Crippen LogP contribution in [-0.2, 0) is 13.0 Å². The zero-order valence-electron chi connectivity index (χ0n) is 17.6. The standard InChI is InChI=1S/C23H21ClN6O3/c24-20-17(10-11-26-21(20)25)33-15-8-9-18(27-13-15)28-22(31)19-16-7-4-12-29(16)30(23(19)32)14-5-2-1-3-6-14/h2,5-6,8-11,13H,1,3-4,7,12H2,(H2,25,26)(H,27,28,31). The van der Waals surface area contributed by atoms with Crippen LogP contribution in [0.4, 0.5) is 11.6 Å². The molecule has 0 unspecified atom stereocenters. The quantitative estimate of drug-likeness (QED) is 0.592. The van der Waals surface area contributed by atoms with Crippen LogP contribution < -0.4 is 21.3 Å². The molecule has 0 aromatic carbocycles. The molecular weight excluding hydrogens is 444 g/mol. The van der Waals surface area contributed by atoms with Gasteiger partial charge in [0, 0.05) is 18.8 Å². The van der Waals surface area contributed by atoms with Gasteiger partial charge in [-0.1, -0.05) is 23.8 Å². The zero-order valence-corrected chi connectivity index (χ0v) is 18.4. The minimum absolute atomic E-state index is 0.161. The van der Waals surface area contributed by atoms with Gasteiger partial charge in [-0.3, -0.25) is 14.3 Å². The van der Waals surface area contributed by atoms with E-state index in [2.05, 4.69) is 15.3 Å². The molecule has 0 bridgehead atoms. The van der Waals surface area contributed by atoms with Crippen molar-refractivity contribution < 1.29 is 9.53 Å². The number of carbonyl (C=O) groups excluding carboxylic acids is 1. The lowest BCUT2D eigenvalue weighted by Crippen LogP contribution is -2.27. The van der Waals surface area contributed by atoms with E-state index in [-0.39, 0.29) is 22.0 Å². The summed E-state index contributed by atoms with van der Waals surface area (Å²) in [5.41, 5.74) is 7.09. The summed E-state index contributed by atoms with van der Waals surface area (Å²) in [6.45, 7) is 0.704. The number of nitrogens with zero attached hydrogens (tertiary/aromatic N) is 4. The van der Waals surface area contributed by atoms with Crippen LogP contribution >= 0.6 is 11.6 Å². The lowest BCUT2D eigenvalue weighted by molar-refractivity contribution is 0.102.